The Morgan fingerprint density at radius 2 is 1.66 bits per heavy atom. The number of piperidine rings is 1. The fraction of sp³-hybridized carbons (Fsp3) is 0.391. The van der Waals surface area contributed by atoms with Crippen molar-refractivity contribution in [1.29, 1.82) is 0 Å². The highest BCUT2D eigenvalue weighted by atomic mass is 19.1. The maximum atomic E-state index is 12.9. The molecule has 8 nitrogen and oxygen atoms in total. The first kappa shape index (κ1) is 23.6. The van der Waals surface area contributed by atoms with Crippen molar-refractivity contribution >= 4 is 5.78 Å². The molecule has 1 aliphatic heterocycles. The first-order valence-corrected chi connectivity index (χ1v) is 10.3. The third-order valence-electron chi connectivity index (χ3n) is 5.93. The Kier molecular flexibility index (Phi) is 8.53. The fourth-order valence-electron chi connectivity index (χ4n) is 4.34. The molecule has 4 rings (SSSR count). The van der Waals surface area contributed by atoms with Gasteiger partial charge in [-0.15, -0.1) is 0 Å². The van der Waals surface area contributed by atoms with Crippen LogP contribution in [-0.4, -0.2) is 56.5 Å². The fourth-order valence-corrected chi connectivity index (χ4v) is 4.34. The van der Waals surface area contributed by atoms with E-state index in [1.54, 1.807) is 0 Å². The lowest BCUT2D eigenvalue weighted by Crippen LogP contribution is -2.51. The molecule has 0 amide bonds. The van der Waals surface area contributed by atoms with Crippen LogP contribution in [-0.2, 0) is 22.6 Å². The van der Waals surface area contributed by atoms with E-state index in [1.807, 2.05) is 6.07 Å². The number of Topliss-reactive ketones (excluding diaryl/α,β-unsaturated/α-hetero) is 1. The van der Waals surface area contributed by atoms with E-state index in [1.165, 1.54) is 41.7 Å². The van der Waals surface area contributed by atoms with Crippen molar-refractivity contribution in [3.63, 3.8) is 0 Å². The summed E-state index contributed by atoms with van der Waals surface area (Å²) in [5.74, 6) is -0.568. The molecule has 0 spiro atoms. The smallest absolute Gasteiger partial charge is 0.212 e. The number of rotatable bonds is 3. The zero-order valence-corrected chi connectivity index (χ0v) is 17.4. The SMILES string of the molecule is O=C(c1ccc(F)nc1)C1CCN(C2Cc3ccccc3CC2O)CC1.OOC#COO. The number of fused-ring (bicyclic) bond motifs is 1. The molecule has 1 aromatic carbocycles. The number of ketones is 1. The van der Waals surface area contributed by atoms with Gasteiger partial charge >= 0.3 is 0 Å². The van der Waals surface area contributed by atoms with Gasteiger partial charge in [0.05, 0.1) is 6.10 Å². The van der Waals surface area contributed by atoms with Crippen molar-refractivity contribution in [3.8, 4) is 12.2 Å². The Morgan fingerprint density at radius 3 is 2.22 bits per heavy atom. The van der Waals surface area contributed by atoms with Gasteiger partial charge in [0.15, 0.2) is 5.78 Å². The number of nitrogens with zero attached hydrogens (tertiary/aromatic N) is 2. The van der Waals surface area contributed by atoms with Crippen LogP contribution in [0.2, 0.25) is 0 Å². The summed E-state index contributed by atoms with van der Waals surface area (Å²) >= 11 is 0. The molecule has 0 saturated carbocycles. The average Bonchev–Trinajstić information content (AvgIpc) is 2.83. The van der Waals surface area contributed by atoms with E-state index in [-0.39, 0.29) is 23.8 Å². The van der Waals surface area contributed by atoms with Crippen LogP contribution in [0.4, 0.5) is 4.39 Å². The lowest BCUT2D eigenvalue weighted by molar-refractivity contribution is -0.188. The molecule has 170 valence electrons. The molecular weight excluding hydrogens is 419 g/mol. The van der Waals surface area contributed by atoms with Crippen LogP contribution < -0.4 is 0 Å². The first-order valence-electron chi connectivity index (χ1n) is 10.3. The predicted molar refractivity (Wildman–Crippen MR) is 112 cm³/mol. The highest BCUT2D eigenvalue weighted by Gasteiger charge is 2.35. The molecular formula is C23H25FN2O6. The van der Waals surface area contributed by atoms with Crippen molar-refractivity contribution in [2.75, 3.05) is 13.1 Å². The molecule has 1 aromatic heterocycles. The zero-order valence-electron chi connectivity index (χ0n) is 17.4. The molecule has 2 aromatic rings. The molecule has 2 unspecified atom stereocenters. The van der Waals surface area contributed by atoms with E-state index in [0.717, 1.165) is 32.4 Å². The molecule has 1 fully saturated rings. The summed E-state index contributed by atoms with van der Waals surface area (Å²) < 4.78 is 12.9. The lowest BCUT2D eigenvalue weighted by atomic mass is 9.83. The van der Waals surface area contributed by atoms with Crippen LogP contribution in [0.1, 0.15) is 34.3 Å². The number of aliphatic hydroxyl groups is 1. The summed E-state index contributed by atoms with van der Waals surface area (Å²) in [7, 11) is 0. The van der Waals surface area contributed by atoms with Crippen molar-refractivity contribution in [3.05, 3.63) is 65.2 Å². The minimum Gasteiger partial charge on any atom is -0.391 e. The second kappa shape index (κ2) is 11.5. The molecule has 1 saturated heterocycles. The molecule has 0 bridgehead atoms. The molecule has 3 N–H and O–H groups in total. The number of benzene rings is 1. The van der Waals surface area contributed by atoms with E-state index in [4.69, 9.17) is 10.5 Å². The monoisotopic (exact) mass is 444 g/mol. The van der Waals surface area contributed by atoms with Gasteiger partial charge in [0.2, 0.25) is 18.2 Å². The number of pyridine rings is 1. The van der Waals surface area contributed by atoms with Crippen LogP contribution in [0, 0.1) is 24.1 Å². The Labute approximate surface area is 185 Å². The lowest BCUT2D eigenvalue weighted by Gasteiger charge is -2.41. The molecule has 2 aliphatic rings. The highest BCUT2D eigenvalue weighted by Crippen LogP contribution is 2.29. The first-order chi connectivity index (χ1) is 15.5. The Bertz CT molecular complexity index is 943. The quantitative estimate of drug-likeness (QED) is 0.218. The Balaban J connectivity index is 0.000000427. The van der Waals surface area contributed by atoms with E-state index in [0.29, 0.717) is 12.0 Å². The second-order valence-electron chi connectivity index (χ2n) is 7.74. The number of carbonyl (C=O) groups excluding carboxylic acids is 1. The van der Waals surface area contributed by atoms with Crippen LogP contribution in [0.3, 0.4) is 0 Å². The van der Waals surface area contributed by atoms with Gasteiger partial charge in [-0.2, -0.15) is 14.9 Å². The van der Waals surface area contributed by atoms with Gasteiger partial charge in [-0.05, 0) is 55.6 Å². The van der Waals surface area contributed by atoms with E-state index in [9.17, 15) is 14.3 Å². The minimum atomic E-state index is -0.567. The van der Waals surface area contributed by atoms with Crippen LogP contribution in [0.15, 0.2) is 42.6 Å². The van der Waals surface area contributed by atoms with Gasteiger partial charge in [0.1, 0.15) is 0 Å². The van der Waals surface area contributed by atoms with Gasteiger partial charge in [0, 0.05) is 30.1 Å². The minimum absolute atomic E-state index is 0.0479. The van der Waals surface area contributed by atoms with Gasteiger partial charge in [-0.1, -0.05) is 24.3 Å². The number of aromatic nitrogens is 1. The predicted octanol–water partition coefficient (Wildman–Crippen LogP) is 2.53. The number of likely N-dealkylation sites (tertiary alicyclic amines) is 1. The summed E-state index contributed by atoms with van der Waals surface area (Å²) in [6.45, 7) is 1.60. The number of hydrogen-bond donors (Lipinski definition) is 3. The van der Waals surface area contributed by atoms with Crippen molar-refractivity contribution in [2.45, 2.75) is 37.8 Å². The van der Waals surface area contributed by atoms with Gasteiger partial charge in [-0.3, -0.25) is 19.5 Å². The third kappa shape index (κ3) is 6.02. The molecule has 1 aliphatic carbocycles. The van der Waals surface area contributed by atoms with Crippen molar-refractivity contribution in [2.24, 2.45) is 5.92 Å². The molecule has 2 heterocycles. The van der Waals surface area contributed by atoms with Crippen LogP contribution >= 0.6 is 0 Å². The van der Waals surface area contributed by atoms with Gasteiger partial charge < -0.3 is 5.11 Å². The molecule has 2 atom stereocenters. The standard InChI is InChI=1S/C21H23FN2O2.C2H2O4/c22-20-6-5-17(13-23-20)21(26)14-7-9-24(10-8-14)18-11-15-3-1-2-4-16(15)12-19(18)25;3-5-1-2-6-4/h1-6,13-14,18-19,25H,7-12H2;3-4H. The maximum absolute atomic E-state index is 12.9. The van der Waals surface area contributed by atoms with E-state index >= 15 is 0 Å². The van der Waals surface area contributed by atoms with Crippen molar-refractivity contribution < 1.29 is 34.6 Å². The van der Waals surface area contributed by atoms with E-state index < -0.39 is 5.95 Å². The summed E-state index contributed by atoms with van der Waals surface area (Å²) in [6, 6.07) is 11.2. The largest absolute Gasteiger partial charge is 0.391 e. The average molecular weight is 444 g/mol. The zero-order chi connectivity index (χ0) is 22.9. The summed E-state index contributed by atoms with van der Waals surface area (Å²) in [5.41, 5.74) is 3.04. The normalized spacial score (nSPS) is 20.6. The molecule has 32 heavy (non-hydrogen) atoms. The van der Waals surface area contributed by atoms with Gasteiger partial charge in [0.25, 0.3) is 0 Å². The highest BCUT2D eigenvalue weighted by molar-refractivity contribution is 5.97. The molecule has 9 heteroatoms. The van der Waals surface area contributed by atoms with Crippen LogP contribution in [0.25, 0.3) is 0 Å². The summed E-state index contributed by atoms with van der Waals surface area (Å²) in [4.78, 5) is 24.8. The van der Waals surface area contributed by atoms with E-state index in [2.05, 4.69) is 37.9 Å². The number of halogens is 1. The topological polar surface area (TPSA) is 112 Å². The number of hydrogen-bond acceptors (Lipinski definition) is 8. The van der Waals surface area contributed by atoms with Gasteiger partial charge in [-0.25, -0.2) is 4.98 Å². The number of carbonyl (C=O) groups is 1. The van der Waals surface area contributed by atoms with Crippen LogP contribution in [0.5, 0.6) is 0 Å². The Hall–Kier alpha value is -3.03. The maximum Gasteiger partial charge on any atom is 0.212 e. The number of aliphatic hydroxyl groups excluding tert-OH is 1. The van der Waals surface area contributed by atoms with Crippen molar-refractivity contribution in [1.82, 2.24) is 9.88 Å². The summed E-state index contributed by atoms with van der Waals surface area (Å²) in [5, 5.41) is 25.3. The Morgan fingerprint density at radius 1 is 1.03 bits per heavy atom. The molecule has 0 radical (unpaired) electrons. The summed E-state index contributed by atoms with van der Waals surface area (Å²) in [6.07, 6.45) is 7.11. The second-order valence-corrected chi connectivity index (χ2v) is 7.74. The third-order valence-corrected chi connectivity index (χ3v) is 5.93.